The van der Waals surface area contributed by atoms with Gasteiger partial charge in [0.1, 0.15) is 6.04 Å². The molecule has 0 spiro atoms. The summed E-state index contributed by atoms with van der Waals surface area (Å²) in [5.41, 5.74) is 5.17. The van der Waals surface area contributed by atoms with Crippen LogP contribution in [0.4, 0.5) is 0 Å². The van der Waals surface area contributed by atoms with Crippen molar-refractivity contribution >= 4 is 22.2 Å². The van der Waals surface area contributed by atoms with Gasteiger partial charge in [0.25, 0.3) is 5.91 Å². The molecule has 0 aromatic carbocycles. The molecule has 9 heteroatoms. The summed E-state index contributed by atoms with van der Waals surface area (Å²) in [6.45, 7) is 0. The van der Waals surface area contributed by atoms with E-state index in [1.165, 1.54) is 0 Å². The molecule has 0 saturated carbocycles. The number of hydrogen-bond acceptors (Lipinski definition) is 5. The number of rotatable bonds is 3. The SMILES string of the molecule is NC1C(=O)N(S(=O)(=O)O)C1CC(=O)O. The number of carboxylic acid groups (broad SMARTS) is 1. The zero-order chi connectivity index (χ0) is 11.1. The predicted molar refractivity (Wildman–Crippen MR) is 42.4 cm³/mol. The normalized spacial score (nSPS) is 27.3. The van der Waals surface area contributed by atoms with Crippen LogP contribution in [0.2, 0.25) is 0 Å². The molecule has 2 unspecified atom stereocenters. The first-order chi connectivity index (χ1) is 6.25. The van der Waals surface area contributed by atoms with Crippen molar-refractivity contribution in [1.82, 2.24) is 4.31 Å². The van der Waals surface area contributed by atoms with Crippen molar-refractivity contribution in [1.29, 1.82) is 0 Å². The van der Waals surface area contributed by atoms with Crippen LogP contribution in [0.25, 0.3) is 0 Å². The van der Waals surface area contributed by atoms with Crippen LogP contribution < -0.4 is 5.73 Å². The molecule has 1 fully saturated rings. The Hall–Kier alpha value is -1.19. The second-order valence-corrected chi connectivity index (χ2v) is 4.09. The van der Waals surface area contributed by atoms with E-state index in [4.69, 9.17) is 15.4 Å². The van der Waals surface area contributed by atoms with Gasteiger partial charge in [-0.15, -0.1) is 0 Å². The highest BCUT2D eigenvalue weighted by Crippen LogP contribution is 2.24. The molecule has 0 aromatic heterocycles. The van der Waals surface area contributed by atoms with Gasteiger partial charge in [0, 0.05) is 0 Å². The maximum Gasteiger partial charge on any atom is 0.362 e. The second kappa shape index (κ2) is 3.19. The van der Waals surface area contributed by atoms with E-state index >= 15 is 0 Å². The van der Waals surface area contributed by atoms with Crippen molar-refractivity contribution in [2.45, 2.75) is 18.5 Å². The third-order valence-electron chi connectivity index (χ3n) is 1.85. The van der Waals surface area contributed by atoms with Gasteiger partial charge in [-0.3, -0.25) is 14.1 Å². The Morgan fingerprint density at radius 3 is 2.43 bits per heavy atom. The first-order valence-corrected chi connectivity index (χ1v) is 4.93. The molecule has 8 nitrogen and oxygen atoms in total. The third-order valence-corrected chi connectivity index (χ3v) is 2.80. The summed E-state index contributed by atoms with van der Waals surface area (Å²) in [5, 5.41) is 8.37. The van der Waals surface area contributed by atoms with Crippen molar-refractivity contribution < 1.29 is 27.7 Å². The van der Waals surface area contributed by atoms with E-state index in [-0.39, 0.29) is 4.31 Å². The largest absolute Gasteiger partial charge is 0.481 e. The number of aliphatic carboxylic acids is 1. The van der Waals surface area contributed by atoms with E-state index in [0.29, 0.717) is 0 Å². The highest BCUT2D eigenvalue weighted by atomic mass is 32.2. The monoisotopic (exact) mass is 224 g/mol. The van der Waals surface area contributed by atoms with E-state index in [1.54, 1.807) is 0 Å². The van der Waals surface area contributed by atoms with Crippen molar-refractivity contribution in [2.75, 3.05) is 0 Å². The molecule has 0 bridgehead atoms. The minimum Gasteiger partial charge on any atom is -0.481 e. The fraction of sp³-hybridized carbons (Fsp3) is 0.600. The van der Waals surface area contributed by atoms with Crippen molar-refractivity contribution in [2.24, 2.45) is 5.73 Å². The van der Waals surface area contributed by atoms with Gasteiger partial charge in [-0.2, -0.15) is 8.42 Å². The van der Waals surface area contributed by atoms with Crippen LogP contribution >= 0.6 is 0 Å². The standard InChI is InChI=1S/C5H8N2O6S/c6-4-2(1-3(8)9)7(5(4)10)14(11,12)13/h2,4H,1,6H2,(H,8,9)(H,11,12,13). The minimum absolute atomic E-state index is 0.0752. The molecule has 1 rings (SSSR count). The first-order valence-electron chi connectivity index (χ1n) is 3.53. The van der Waals surface area contributed by atoms with Crippen LogP contribution in [0.3, 0.4) is 0 Å². The van der Waals surface area contributed by atoms with Gasteiger partial charge in [0.15, 0.2) is 0 Å². The second-order valence-electron chi connectivity index (χ2n) is 2.80. The molecule has 1 aliphatic rings. The minimum atomic E-state index is -4.70. The third kappa shape index (κ3) is 1.69. The fourth-order valence-corrected chi connectivity index (χ4v) is 2.11. The van der Waals surface area contributed by atoms with Crippen LogP contribution in [0, 0.1) is 0 Å². The van der Waals surface area contributed by atoms with Gasteiger partial charge in [-0.25, -0.2) is 4.31 Å². The van der Waals surface area contributed by atoms with Crippen molar-refractivity contribution in [3.63, 3.8) is 0 Å². The number of carbonyl (C=O) groups is 2. The van der Waals surface area contributed by atoms with Crippen LogP contribution in [-0.4, -0.2) is 46.3 Å². The molecule has 0 aliphatic carbocycles. The molecule has 0 radical (unpaired) electrons. The Labute approximate surface area is 79.2 Å². The van der Waals surface area contributed by atoms with E-state index < -0.39 is 40.7 Å². The molecular weight excluding hydrogens is 216 g/mol. The van der Waals surface area contributed by atoms with Crippen molar-refractivity contribution in [3.8, 4) is 0 Å². The average molecular weight is 224 g/mol. The van der Waals surface area contributed by atoms with E-state index in [9.17, 15) is 18.0 Å². The molecular formula is C5H8N2O6S. The summed E-state index contributed by atoms with van der Waals surface area (Å²) in [6.07, 6.45) is -0.618. The Morgan fingerprint density at radius 2 is 2.07 bits per heavy atom. The Morgan fingerprint density at radius 1 is 1.57 bits per heavy atom. The van der Waals surface area contributed by atoms with E-state index in [0.717, 1.165) is 0 Å². The Bertz CT molecular complexity index is 376. The number of carbonyl (C=O) groups excluding carboxylic acids is 1. The van der Waals surface area contributed by atoms with E-state index in [1.807, 2.05) is 0 Å². The van der Waals surface area contributed by atoms with Crippen LogP contribution in [0.1, 0.15) is 6.42 Å². The molecule has 1 saturated heterocycles. The summed E-state index contributed by atoms with van der Waals surface area (Å²) >= 11 is 0. The molecule has 0 aromatic rings. The number of nitrogens with zero attached hydrogens (tertiary/aromatic N) is 1. The van der Waals surface area contributed by atoms with Crippen LogP contribution in [0.15, 0.2) is 0 Å². The quantitative estimate of drug-likeness (QED) is 0.365. The zero-order valence-electron chi connectivity index (χ0n) is 6.82. The lowest BCUT2D eigenvalue weighted by Gasteiger charge is -2.41. The highest BCUT2D eigenvalue weighted by molar-refractivity contribution is 7.84. The lowest BCUT2D eigenvalue weighted by atomic mass is 9.97. The maximum atomic E-state index is 10.9. The molecule has 1 amide bonds. The number of carboxylic acids is 1. The van der Waals surface area contributed by atoms with Gasteiger partial charge in [-0.05, 0) is 0 Å². The lowest BCUT2D eigenvalue weighted by Crippen LogP contribution is -2.70. The summed E-state index contributed by atoms with van der Waals surface area (Å²) in [7, 11) is -4.70. The number of hydrogen-bond donors (Lipinski definition) is 3. The topological polar surface area (TPSA) is 138 Å². The van der Waals surface area contributed by atoms with Gasteiger partial charge < -0.3 is 10.8 Å². The lowest BCUT2D eigenvalue weighted by molar-refractivity contribution is -0.146. The molecule has 1 heterocycles. The van der Waals surface area contributed by atoms with Gasteiger partial charge in [0.2, 0.25) is 0 Å². The summed E-state index contributed by atoms with van der Waals surface area (Å²) < 4.78 is 29.8. The van der Waals surface area contributed by atoms with Crippen molar-refractivity contribution in [3.05, 3.63) is 0 Å². The molecule has 14 heavy (non-hydrogen) atoms. The smallest absolute Gasteiger partial charge is 0.362 e. The molecule has 80 valence electrons. The average Bonchev–Trinajstić information content (AvgIpc) is 1.99. The summed E-state index contributed by atoms with van der Waals surface area (Å²) in [5.74, 6) is -2.30. The maximum absolute atomic E-state index is 10.9. The Kier molecular flexibility index (Phi) is 2.48. The summed E-state index contributed by atoms with van der Waals surface area (Å²) in [4.78, 5) is 21.1. The number of nitrogens with two attached hydrogens (primary N) is 1. The number of β-lactam (4-membered cyclic amide) rings is 1. The van der Waals surface area contributed by atoms with E-state index in [2.05, 4.69) is 0 Å². The molecule has 2 atom stereocenters. The Balaban J connectivity index is 2.86. The first kappa shape index (κ1) is 10.9. The highest BCUT2D eigenvalue weighted by Gasteiger charge is 2.51. The van der Waals surface area contributed by atoms with Gasteiger partial charge >= 0.3 is 16.3 Å². The van der Waals surface area contributed by atoms with Crippen LogP contribution in [0.5, 0.6) is 0 Å². The molecule has 1 aliphatic heterocycles. The predicted octanol–water partition coefficient (Wildman–Crippen LogP) is -2.20. The molecule has 4 N–H and O–H groups in total. The summed E-state index contributed by atoms with van der Waals surface area (Å²) in [6, 6.07) is -2.39. The van der Waals surface area contributed by atoms with Crippen LogP contribution in [-0.2, 0) is 19.9 Å². The zero-order valence-corrected chi connectivity index (χ0v) is 7.64. The van der Waals surface area contributed by atoms with Gasteiger partial charge in [0.05, 0.1) is 12.5 Å². The fourth-order valence-electron chi connectivity index (χ4n) is 1.21. The number of amides is 1. The van der Waals surface area contributed by atoms with Gasteiger partial charge in [-0.1, -0.05) is 0 Å².